The molecule has 0 aliphatic rings. The first-order valence-electron chi connectivity index (χ1n) is 7.35. The van der Waals surface area contributed by atoms with E-state index in [1.54, 1.807) is 20.8 Å². The van der Waals surface area contributed by atoms with Crippen LogP contribution in [0.2, 0.25) is 0 Å². The zero-order chi connectivity index (χ0) is 17.0. The Hall–Kier alpha value is -2.44. The van der Waals surface area contributed by atoms with E-state index in [-0.39, 0.29) is 23.7 Å². The summed E-state index contributed by atoms with van der Waals surface area (Å²) in [6.45, 7) is 5.71. The quantitative estimate of drug-likeness (QED) is 0.825. The van der Waals surface area contributed by atoms with E-state index in [9.17, 15) is 9.18 Å². The van der Waals surface area contributed by atoms with Crippen molar-refractivity contribution in [2.45, 2.75) is 26.9 Å². The Bertz CT molecular complexity index is 706. The summed E-state index contributed by atoms with van der Waals surface area (Å²) in [6, 6.07) is 2.82. The maximum absolute atomic E-state index is 13.7. The number of fused-ring (bicyclic) bond motifs is 1. The zero-order valence-electron chi connectivity index (χ0n) is 13.6. The van der Waals surface area contributed by atoms with E-state index in [0.29, 0.717) is 23.3 Å². The molecule has 23 heavy (non-hydrogen) atoms. The zero-order valence-corrected chi connectivity index (χ0v) is 13.6. The molecule has 1 N–H and O–H groups in total. The van der Waals surface area contributed by atoms with Gasteiger partial charge in [-0.05, 0) is 19.9 Å². The minimum Gasteiger partial charge on any atom is -0.494 e. The number of carbonyl (C=O) groups is 1. The van der Waals surface area contributed by atoms with Crippen LogP contribution in [0.5, 0.6) is 5.75 Å². The van der Waals surface area contributed by atoms with Gasteiger partial charge in [0.05, 0.1) is 24.6 Å². The molecule has 0 aliphatic heterocycles. The van der Waals surface area contributed by atoms with Crippen LogP contribution in [0.25, 0.3) is 10.9 Å². The number of carbonyl (C=O) groups excluding carboxylic acids is 1. The van der Waals surface area contributed by atoms with E-state index in [1.807, 2.05) is 0 Å². The highest BCUT2D eigenvalue weighted by Gasteiger charge is 2.17. The average molecular weight is 321 g/mol. The van der Waals surface area contributed by atoms with Crippen molar-refractivity contribution in [3.8, 4) is 5.75 Å². The van der Waals surface area contributed by atoms with Crippen molar-refractivity contribution >= 4 is 22.7 Å². The van der Waals surface area contributed by atoms with Gasteiger partial charge in [0.1, 0.15) is 12.1 Å². The molecule has 2 aromatic rings. The van der Waals surface area contributed by atoms with Crippen LogP contribution < -0.4 is 10.1 Å². The lowest BCUT2D eigenvalue weighted by atomic mass is 10.1. The number of nitrogens with one attached hydrogen (secondary N) is 1. The fraction of sp³-hybridized carbons (Fsp3) is 0.438. The highest BCUT2D eigenvalue weighted by molar-refractivity contribution is 5.90. The maximum atomic E-state index is 13.7. The first-order valence-corrected chi connectivity index (χ1v) is 7.35. The molecular formula is C16H20FN3O3. The van der Waals surface area contributed by atoms with E-state index >= 15 is 0 Å². The van der Waals surface area contributed by atoms with Crippen LogP contribution in [0.3, 0.4) is 0 Å². The molecule has 1 aromatic carbocycles. The summed E-state index contributed by atoms with van der Waals surface area (Å²) in [4.78, 5) is 20.0. The summed E-state index contributed by atoms with van der Waals surface area (Å²) < 4.78 is 23.9. The third-order valence-electron chi connectivity index (χ3n) is 3.24. The van der Waals surface area contributed by atoms with Crippen molar-refractivity contribution in [2.75, 3.05) is 19.0 Å². The normalized spacial score (nSPS) is 12.3. The van der Waals surface area contributed by atoms with E-state index in [2.05, 4.69) is 15.3 Å². The fourth-order valence-electron chi connectivity index (χ4n) is 2.04. The SMILES string of the molecule is COc1cc2c(NCC(C)C(=O)OC(C)C)ncnc2cc1F. The Morgan fingerprint density at radius 1 is 1.30 bits per heavy atom. The van der Waals surface area contributed by atoms with E-state index in [0.717, 1.165) is 0 Å². The highest BCUT2D eigenvalue weighted by atomic mass is 19.1. The highest BCUT2D eigenvalue weighted by Crippen LogP contribution is 2.27. The Labute approximate surface area is 134 Å². The number of benzene rings is 1. The first-order chi connectivity index (χ1) is 10.9. The molecule has 7 heteroatoms. The van der Waals surface area contributed by atoms with Gasteiger partial charge in [-0.15, -0.1) is 0 Å². The van der Waals surface area contributed by atoms with Crippen LogP contribution in [0.4, 0.5) is 10.2 Å². The monoisotopic (exact) mass is 321 g/mol. The number of methoxy groups -OCH3 is 1. The van der Waals surface area contributed by atoms with Crippen LogP contribution in [-0.4, -0.2) is 35.7 Å². The Balaban J connectivity index is 2.18. The summed E-state index contributed by atoms with van der Waals surface area (Å²) in [7, 11) is 1.39. The summed E-state index contributed by atoms with van der Waals surface area (Å²) in [5.74, 6) is -0.488. The predicted octanol–water partition coefficient (Wildman–Crippen LogP) is 2.78. The number of esters is 1. The Morgan fingerprint density at radius 2 is 2.04 bits per heavy atom. The van der Waals surface area contributed by atoms with Crippen molar-refractivity contribution < 1.29 is 18.7 Å². The standard InChI is InChI=1S/C16H20FN3O3/c1-9(2)23-16(21)10(3)7-18-15-11-5-14(22-4)12(17)6-13(11)19-8-20-15/h5-6,8-10H,7H2,1-4H3,(H,18,19,20). The van der Waals surface area contributed by atoms with Crippen LogP contribution >= 0.6 is 0 Å². The number of ether oxygens (including phenoxy) is 2. The Morgan fingerprint density at radius 3 is 2.70 bits per heavy atom. The summed E-state index contributed by atoms with van der Waals surface area (Å²) in [6.07, 6.45) is 1.19. The molecule has 1 heterocycles. The smallest absolute Gasteiger partial charge is 0.310 e. The molecule has 124 valence electrons. The molecule has 1 aromatic heterocycles. The van der Waals surface area contributed by atoms with Crippen molar-refractivity contribution in [1.29, 1.82) is 0 Å². The van der Waals surface area contributed by atoms with Gasteiger partial charge in [0.25, 0.3) is 0 Å². The topological polar surface area (TPSA) is 73.3 Å². The summed E-state index contributed by atoms with van der Waals surface area (Å²) in [5.41, 5.74) is 0.457. The van der Waals surface area contributed by atoms with Crippen molar-refractivity contribution in [3.63, 3.8) is 0 Å². The third-order valence-corrected chi connectivity index (χ3v) is 3.24. The second-order valence-electron chi connectivity index (χ2n) is 5.49. The van der Waals surface area contributed by atoms with E-state index in [4.69, 9.17) is 9.47 Å². The first kappa shape index (κ1) is 16.9. The summed E-state index contributed by atoms with van der Waals surface area (Å²) in [5, 5.41) is 3.70. The Kier molecular flexibility index (Phi) is 5.31. The number of aromatic nitrogens is 2. The lowest BCUT2D eigenvalue weighted by Gasteiger charge is -2.15. The molecule has 6 nitrogen and oxygen atoms in total. The van der Waals surface area contributed by atoms with E-state index in [1.165, 1.54) is 25.6 Å². The van der Waals surface area contributed by atoms with Crippen LogP contribution in [0, 0.1) is 11.7 Å². The van der Waals surface area contributed by atoms with Crippen molar-refractivity contribution in [3.05, 3.63) is 24.3 Å². The number of halogens is 1. The van der Waals surface area contributed by atoms with Crippen molar-refractivity contribution in [1.82, 2.24) is 9.97 Å². The number of hydrogen-bond donors (Lipinski definition) is 1. The van der Waals surface area contributed by atoms with E-state index < -0.39 is 5.82 Å². The minimum absolute atomic E-state index is 0.114. The number of rotatable bonds is 6. The number of nitrogens with zero attached hydrogens (tertiary/aromatic N) is 2. The van der Waals surface area contributed by atoms with Gasteiger partial charge < -0.3 is 14.8 Å². The molecule has 0 aliphatic carbocycles. The van der Waals surface area contributed by atoms with Gasteiger partial charge in [0.15, 0.2) is 11.6 Å². The fourth-order valence-corrected chi connectivity index (χ4v) is 2.04. The van der Waals surface area contributed by atoms with Gasteiger partial charge in [-0.2, -0.15) is 0 Å². The summed E-state index contributed by atoms with van der Waals surface area (Å²) >= 11 is 0. The molecule has 1 unspecified atom stereocenters. The second kappa shape index (κ2) is 7.21. The lowest BCUT2D eigenvalue weighted by Crippen LogP contribution is -2.25. The molecule has 1 atom stereocenters. The van der Waals surface area contributed by atoms with Gasteiger partial charge in [-0.25, -0.2) is 14.4 Å². The van der Waals surface area contributed by atoms with Crippen LogP contribution in [0.15, 0.2) is 18.5 Å². The van der Waals surface area contributed by atoms with Gasteiger partial charge >= 0.3 is 5.97 Å². The molecule has 0 saturated carbocycles. The largest absolute Gasteiger partial charge is 0.494 e. The molecule has 0 fully saturated rings. The van der Waals surface area contributed by atoms with Gasteiger partial charge in [-0.3, -0.25) is 4.79 Å². The molecule has 0 saturated heterocycles. The molecule has 0 spiro atoms. The molecule has 0 bridgehead atoms. The third kappa shape index (κ3) is 4.06. The number of anilines is 1. The maximum Gasteiger partial charge on any atom is 0.310 e. The second-order valence-corrected chi connectivity index (χ2v) is 5.49. The molecular weight excluding hydrogens is 301 g/mol. The average Bonchev–Trinajstić information content (AvgIpc) is 2.50. The molecule has 0 radical (unpaired) electrons. The number of hydrogen-bond acceptors (Lipinski definition) is 6. The van der Waals surface area contributed by atoms with Gasteiger partial charge in [-0.1, -0.05) is 6.92 Å². The molecule has 2 rings (SSSR count). The van der Waals surface area contributed by atoms with Crippen molar-refractivity contribution in [2.24, 2.45) is 5.92 Å². The lowest BCUT2D eigenvalue weighted by molar-refractivity contribution is -0.151. The van der Waals surface area contributed by atoms with Gasteiger partial charge in [0, 0.05) is 18.0 Å². The predicted molar refractivity (Wildman–Crippen MR) is 84.9 cm³/mol. The molecule has 0 amide bonds. The minimum atomic E-state index is -0.487. The van der Waals surface area contributed by atoms with Gasteiger partial charge in [0.2, 0.25) is 0 Å². The van der Waals surface area contributed by atoms with Crippen LogP contribution in [-0.2, 0) is 9.53 Å². The van der Waals surface area contributed by atoms with Crippen LogP contribution in [0.1, 0.15) is 20.8 Å².